The Labute approximate surface area is 168 Å². The molecule has 3 N–H and O–H groups in total. The number of urea groups is 1. The fraction of sp³-hybridized carbons (Fsp3) is 0.619. The first-order chi connectivity index (χ1) is 13.5. The summed E-state index contributed by atoms with van der Waals surface area (Å²) in [5.41, 5.74) is 0.822. The topological polar surface area (TPSA) is 75.1 Å². The Morgan fingerprint density at radius 2 is 1.96 bits per heavy atom. The number of rotatable bonds is 10. The number of ether oxygens (including phenoxy) is 1. The highest BCUT2D eigenvalue weighted by Crippen LogP contribution is 2.24. The van der Waals surface area contributed by atoms with E-state index in [1.807, 2.05) is 31.2 Å². The van der Waals surface area contributed by atoms with Gasteiger partial charge in [-0.2, -0.15) is 0 Å². The van der Waals surface area contributed by atoms with Crippen LogP contribution in [0.5, 0.6) is 5.75 Å². The summed E-state index contributed by atoms with van der Waals surface area (Å²) >= 11 is 0. The third kappa shape index (κ3) is 6.41. The first kappa shape index (κ1) is 22.0. The van der Waals surface area contributed by atoms with Crippen molar-refractivity contribution in [1.82, 2.24) is 10.6 Å². The van der Waals surface area contributed by atoms with Gasteiger partial charge in [0.1, 0.15) is 5.75 Å². The van der Waals surface area contributed by atoms with Gasteiger partial charge in [-0.05, 0) is 57.9 Å². The molecule has 28 heavy (non-hydrogen) atoms. The minimum Gasteiger partial charge on any atom is -0.497 e. The molecule has 1 fully saturated rings. The fourth-order valence-electron chi connectivity index (χ4n) is 3.60. The summed E-state index contributed by atoms with van der Waals surface area (Å²) in [5, 5.41) is 5.94. The van der Waals surface area contributed by atoms with Gasteiger partial charge in [-0.25, -0.2) is 4.79 Å². The molecule has 2 rings (SSSR count). The molecule has 3 amide bonds. The monoisotopic (exact) mass is 391 g/mol. The zero-order chi connectivity index (χ0) is 20.5. The van der Waals surface area contributed by atoms with Crippen molar-refractivity contribution in [1.29, 1.82) is 0 Å². The van der Waals surface area contributed by atoms with E-state index in [-0.39, 0.29) is 24.0 Å². The van der Waals surface area contributed by atoms with Crippen LogP contribution in [-0.2, 0) is 4.79 Å². The lowest BCUT2D eigenvalue weighted by atomic mass is 10.2. The SMILES string of the molecule is CC[NH+](CC)CCC[C@@H](C)NC(=O)N[C@H]1CC(=O)N(c2ccc(OC)cc2)C1. The first-order valence-corrected chi connectivity index (χ1v) is 10.3. The number of hydrogen-bond acceptors (Lipinski definition) is 3. The van der Waals surface area contributed by atoms with Gasteiger partial charge in [-0.15, -0.1) is 0 Å². The highest BCUT2D eigenvalue weighted by molar-refractivity contribution is 5.96. The van der Waals surface area contributed by atoms with Crippen LogP contribution in [0.4, 0.5) is 10.5 Å². The molecule has 0 unspecified atom stereocenters. The van der Waals surface area contributed by atoms with Gasteiger partial charge in [-0.3, -0.25) is 4.79 Å². The summed E-state index contributed by atoms with van der Waals surface area (Å²) < 4.78 is 5.15. The van der Waals surface area contributed by atoms with Crippen molar-refractivity contribution in [3.8, 4) is 5.75 Å². The van der Waals surface area contributed by atoms with Crippen molar-refractivity contribution in [2.45, 2.75) is 52.1 Å². The number of amides is 3. The van der Waals surface area contributed by atoms with Gasteiger partial charge < -0.3 is 25.2 Å². The van der Waals surface area contributed by atoms with E-state index in [1.54, 1.807) is 16.9 Å². The molecule has 1 saturated heterocycles. The van der Waals surface area contributed by atoms with Crippen LogP contribution in [0.2, 0.25) is 0 Å². The molecule has 1 aromatic rings. The number of benzene rings is 1. The smallest absolute Gasteiger partial charge is 0.315 e. The molecule has 0 aromatic heterocycles. The van der Waals surface area contributed by atoms with Gasteiger partial charge in [0.05, 0.1) is 32.8 Å². The van der Waals surface area contributed by atoms with E-state index in [1.165, 1.54) is 0 Å². The lowest BCUT2D eigenvalue weighted by molar-refractivity contribution is -0.896. The maximum Gasteiger partial charge on any atom is 0.315 e. The standard InChI is InChI=1S/C21H34N4O3/c1-5-24(6-2)13-7-8-16(3)22-21(27)23-17-14-20(26)25(15-17)18-9-11-19(28-4)12-10-18/h9-12,16-17H,5-8,13-15H2,1-4H3,(H2,22,23,27)/p+1/t16-,17+/m1/s1. The average Bonchev–Trinajstić information content (AvgIpc) is 3.05. The number of hydrogen-bond donors (Lipinski definition) is 3. The largest absolute Gasteiger partial charge is 0.497 e. The highest BCUT2D eigenvalue weighted by atomic mass is 16.5. The second-order valence-electron chi connectivity index (χ2n) is 7.47. The van der Waals surface area contributed by atoms with Crippen molar-refractivity contribution in [2.24, 2.45) is 0 Å². The molecule has 0 radical (unpaired) electrons. The van der Waals surface area contributed by atoms with Gasteiger partial charge in [-0.1, -0.05) is 0 Å². The second-order valence-corrected chi connectivity index (χ2v) is 7.47. The number of nitrogens with one attached hydrogen (secondary N) is 3. The van der Waals surface area contributed by atoms with Crippen molar-refractivity contribution >= 4 is 17.6 Å². The molecule has 7 heteroatoms. The third-order valence-electron chi connectivity index (χ3n) is 5.39. The van der Waals surface area contributed by atoms with Crippen LogP contribution in [-0.4, -0.2) is 57.3 Å². The lowest BCUT2D eigenvalue weighted by Gasteiger charge is -2.20. The van der Waals surface area contributed by atoms with Crippen LogP contribution in [0.25, 0.3) is 0 Å². The molecule has 0 spiro atoms. The summed E-state index contributed by atoms with van der Waals surface area (Å²) in [7, 11) is 1.61. The maximum atomic E-state index is 12.3. The van der Waals surface area contributed by atoms with Crippen LogP contribution >= 0.6 is 0 Å². The van der Waals surface area contributed by atoms with E-state index in [0.29, 0.717) is 13.0 Å². The molecule has 2 atom stereocenters. The van der Waals surface area contributed by atoms with Crippen LogP contribution < -0.4 is 25.2 Å². The normalized spacial score (nSPS) is 17.7. The minimum absolute atomic E-state index is 0.0192. The zero-order valence-electron chi connectivity index (χ0n) is 17.6. The molecule has 1 heterocycles. The van der Waals surface area contributed by atoms with Crippen LogP contribution in [0.3, 0.4) is 0 Å². The predicted molar refractivity (Wildman–Crippen MR) is 111 cm³/mol. The van der Waals surface area contributed by atoms with Crippen molar-refractivity contribution < 1.29 is 19.2 Å². The van der Waals surface area contributed by atoms with Gasteiger partial charge in [0, 0.05) is 24.7 Å². The Morgan fingerprint density at radius 1 is 1.29 bits per heavy atom. The lowest BCUT2D eigenvalue weighted by Crippen LogP contribution is -3.11. The van der Waals surface area contributed by atoms with E-state index in [2.05, 4.69) is 24.5 Å². The zero-order valence-corrected chi connectivity index (χ0v) is 17.6. The number of carbonyl (C=O) groups is 2. The van der Waals surface area contributed by atoms with Crippen molar-refractivity contribution in [2.75, 3.05) is 38.2 Å². The molecular weight excluding hydrogens is 356 g/mol. The molecule has 1 aromatic carbocycles. The third-order valence-corrected chi connectivity index (χ3v) is 5.39. The summed E-state index contributed by atoms with van der Waals surface area (Å²) in [5.74, 6) is 0.770. The Balaban J connectivity index is 1.75. The van der Waals surface area contributed by atoms with E-state index in [0.717, 1.165) is 43.9 Å². The van der Waals surface area contributed by atoms with E-state index in [4.69, 9.17) is 4.74 Å². The number of anilines is 1. The highest BCUT2D eigenvalue weighted by Gasteiger charge is 2.31. The Bertz CT molecular complexity index is 631. The van der Waals surface area contributed by atoms with Crippen molar-refractivity contribution in [3.63, 3.8) is 0 Å². The average molecular weight is 392 g/mol. The Kier molecular flexibility index (Phi) is 8.57. The molecule has 0 aliphatic carbocycles. The fourth-order valence-corrected chi connectivity index (χ4v) is 3.60. The number of carbonyl (C=O) groups excluding carboxylic acids is 2. The van der Waals surface area contributed by atoms with Crippen LogP contribution in [0.1, 0.15) is 40.0 Å². The Hall–Kier alpha value is -2.28. The Morgan fingerprint density at radius 3 is 2.57 bits per heavy atom. The summed E-state index contributed by atoms with van der Waals surface area (Å²) in [6.45, 7) is 10.3. The number of methoxy groups -OCH3 is 1. The van der Waals surface area contributed by atoms with Crippen molar-refractivity contribution in [3.05, 3.63) is 24.3 Å². The summed E-state index contributed by atoms with van der Waals surface area (Å²) in [4.78, 5) is 27.9. The van der Waals surface area contributed by atoms with Gasteiger partial charge in [0.15, 0.2) is 0 Å². The van der Waals surface area contributed by atoms with Gasteiger partial charge >= 0.3 is 6.03 Å². The van der Waals surface area contributed by atoms with E-state index < -0.39 is 0 Å². The van der Waals surface area contributed by atoms with Crippen LogP contribution in [0, 0.1) is 0 Å². The molecular formula is C21H35N4O3+. The predicted octanol–water partition coefficient (Wildman–Crippen LogP) is 1.19. The van der Waals surface area contributed by atoms with E-state index in [9.17, 15) is 9.59 Å². The number of quaternary nitrogens is 1. The molecule has 1 aliphatic heterocycles. The number of nitrogens with zero attached hydrogens (tertiary/aromatic N) is 1. The second kappa shape index (κ2) is 10.9. The molecule has 1 aliphatic rings. The summed E-state index contributed by atoms with van der Waals surface area (Å²) in [6, 6.07) is 7.12. The quantitative estimate of drug-likeness (QED) is 0.561. The molecule has 156 valence electrons. The van der Waals surface area contributed by atoms with Gasteiger partial charge in [0.25, 0.3) is 0 Å². The summed E-state index contributed by atoms with van der Waals surface area (Å²) in [6.07, 6.45) is 2.36. The first-order valence-electron chi connectivity index (χ1n) is 10.3. The molecule has 0 saturated carbocycles. The van der Waals surface area contributed by atoms with Gasteiger partial charge in [0.2, 0.25) is 5.91 Å². The molecule has 0 bridgehead atoms. The van der Waals surface area contributed by atoms with E-state index >= 15 is 0 Å². The minimum atomic E-state index is -0.197. The van der Waals surface area contributed by atoms with Crippen LogP contribution in [0.15, 0.2) is 24.3 Å². The molecule has 7 nitrogen and oxygen atoms in total. The maximum absolute atomic E-state index is 12.3.